The normalized spacial score (nSPS) is 32.3. The van der Waals surface area contributed by atoms with Crippen LogP contribution in [-0.4, -0.2) is 43.6 Å². The molecule has 0 aliphatic heterocycles. The highest BCUT2D eigenvalue weighted by Crippen LogP contribution is 2.64. The van der Waals surface area contributed by atoms with Gasteiger partial charge in [-0.15, -0.1) is 0 Å². The van der Waals surface area contributed by atoms with E-state index in [-0.39, 0.29) is 29.4 Å². The van der Waals surface area contributed by atoms with E-state index in [1.165, 1.54) is 0 Å². The number of Topliss-reactive ketones (excluding diaryl/α,β-unsaturated/α-hetero) is 1. The Kier molecular flexibility index (Phi) is 3.92. The topological polar surface area (TPSA) is 127 Å². The minimum atomic E-state index is -3.90. The lowest BCUT2D eigenvalue weighted by Crippen LogP contribution is -2.51. The number of carbonyl (C=O) groups is 2. The van der Waals surface area contributed by atoms with E-state index in [1.807, 2.05) is 13.8 Å². The lowest BCUT2D eigenvalue weighted by Gasteiger charge is -2.36. The summed E-state index contributed by atoms with van der Waals surface area (Å²) in [5.41, 5.74) is 3.99. The van der Waals surface area contributed by atoms with Crippen molar-refractivity contribution >= 4 is 21.8 Å². The number of hydrogen-bond donors (Lipinski definition) is 3. The Bertz CT molecular complexity index is 571. The molecule has 0 aromatic carbocycles. The van der Waals surface area contributed by atoms with Crippen LogP contribution in [0.3, 0.4) is 0 Å². The molecule has 2 bridgehead atoms. The molecule has 8 heteroatoms. The molecule has 21 heavy (non-hydrogen) atoms. The Morgan fingerprint density at radius 2 is 2.14 bits per heavy atom. The first-order chi connectivity index (χ1) is 9.56. The zero-order chi connectivity index (χ0) is 16.1. The van der Waals surface area contributed by atoms with Gasteiger partial charge in [-0.3, -0.25) is 9.59 Å². The number of sulfonamides is 1. The smallest absolute Gasteiger partial charge is 0.323 e. The van der Waals surface area contributed by atoms with Gasteiger partial charge in [-0.1, -0.05) is 13.8 Å². The van der Waals surface area contributed by atoms with Crippen molar-refractivity contribution in [1.82, 2.24) is 4.72 Å². The van der Waals surface area contributed by atoms with Crippen LogP contribution < -0.4 is 10.5 Å². The molecule has 0 heterocycles. The highest BCUT2D eigenvalue weighted by atomic mass is 32.2. The largest absolute Gasteiger partial charge is 0.480 e. The second-order valence-corrected chi connectivity index (χ2v) is 8.42. The van der Waals surface area contributed by atoms with Gasteiger partial charge in [0.15, 0.2) is 0 Å². The van der Waals surface area contributed by atoms with Gasteiger partial charge in [0, 0.05) is 18.4 Å². The van der Waals surface area contributed by atoms with Crippen LogP contribution in [0.25, 0.3) is 0 Å². The molecular formula is C13H22N2O5S. The van der Waals surface area contributed by atoms with Crippen molar-refractivity contribution in [2.45, 2.75) is 39.2 Å². The van der Waals surface area contributed by atoms with E-state index in [4.69, 9.17) is 10.8 Å². The summed E-state index contributed by atoms with van der Waals surface area (Å²) < 4.78 is 26.7. The van der Waals surface area contributed by atoms with Gasteiger partial charge in [0.2, 0.25) is 10.0 Å². The van der Waals surface area contributed by atoms with E-state index in [1.54, 1.807) is 0 Å². The van der Waals surface area contributed by atoms with Crippen LogP contribution in [0.5, 0.6) is 0 Å². The van der Waals surface area contributed by atoms with Crippen LogP contribution in [0, 0.1) is 16.7 Å². The second-order valence-electron chi connectivity index (χ2n) is 6.67. The zero-order valence-electron chi connectivity index (χ0n) is 12.3. The molecule has 2 aliphatic carbocycles. The number of carbonyl (C=O) groups excluding carboxylic acids is 1. The molecule has 4 N–H and O–H groups in total. The Labute approximate surface area is 124 Å². The van der Waals surface area contributed by atoms with E-state index >= 15 is 0 Å². The van der Waals surface area contributed by atoms with Crippen LogP contribution in [-0.2, 0) is 19.6 Å². The fourth-order valence-electron chi connectivity index (χ4n) is 3.89. The average molecular weight is 318 g/mol. The van der Waals surface area contributed by atoms with Crippen molar-refractivity contribution in [3.63, 3.8) is 0 Å². The van der Waals surface area contributed by atoms with Crippen molar-refractivity contribution < 1.29 is 23.1 Å². The first-order valence-electron chi connectivity index (χ1n) is 7.02. The van der Waals surface area contributed by atoms with E-state index in [9.17, 15) is 18.0 Å². The number of fused-ring (bicyclic) bond motifs is 2. The van der Waals surface area contributed by atoms with Crippen LogP contribution in [0.4, 0.5) is 0 Å². The lowest BCUT2D eigenvalue weighted by molar-refractivity contribution is -0.138. The summed E-state index contributed by atoms with van der Waals surface area (Å²) in [6.07, 6.45) is 1.81. The number of aliphatic carboxylic acids is 1. The average Bonchev–Trinajstić information content (AvgIpc) is 2.69. The molecule has 2 saturated carbocycles. The van der Waals surface area contributed by atoms with Gasteiger partial charge in [-0.25, -0.2) is 8.42 Å². The van der Waals surface area contributed by atoms with E-state index in [0.29, 0.717) is 12.8 Å². The van der Waals surface area contributed by atoms with Gasteiger partial charge in [-0.05, 0) is 24.2 Å². The monoisotopic (exact) mass is 318 g/mol. The van der Waals surface area contributed by atoms with Crippen LogP contribution in [0.15, 0.2) is 0 Å². The standard InChI is InChI=1S/C13H22N2O5S/c1-12(2)8-3-4-13(12,10(16)5-8)7-21(19,20)15-9(6-14)11(17)18/h8-9,15H,3-7,14H2,1-2H3,(H,17,18)/t8?,9-,13?/m0/s1. The Morgan fingerprint density at radius 1 is 1.52 bits per heavy atom. The van der Waals surface area contributed by atoms with Crippen molar-refractivity contribution in [3.8, 4) is 0 Å². The maximum absolute atomic E-state index is 12.3. The fourth-order valence-corrected chi connectivity index (χ4v) is 5.93. The summed E-state index contributed by atoms with van der Waals surface area (Å²) in [7, 11) is -3.90. The molecule has 0 aromatic heterocycles. The van der Waals surface area contributed by atoms with Crippen LogP contribution >= 0.6 is 0 Å². The highest BCUT2D eigenvalue weighted by molar-refractivity contribution is 7.89. The molecule has 0 aromatic rings. The molecule has 0 amide bonds. The minimum Gasteiger partial charge on any atom is -0.480 e. The van der Waals surface area contributed by atoms with Gasteiger partial charge in [0.25, 0.3) is 0 Å². The lowest BCUT2D eigenvalue weighted by atomic mass is 9.70. The molecule has 2 rings (SSSR count). The molecule has 0 spiro atoms. The molecule has 0 saturated heterocycles. The van der Waals surface area contributed by atoms with Gasteiger partial charge >= 0.3 is 5.97 Å². The molecule has 120 valence electrons. The van der Waals surface area contributed by atoms with Crippen molar-refractivity contribution in [2.75, 3.05) is 12.3 Å². The number of carboxylic acids is 1. The van der Waals surface area contributed by atoms with Gasteiger partial charge in [0.1, 0.15) is 11.8 Å². The van der Waals surface area contributed by atoms with E-state index < -0.39 is 27.4 Å². The number of carboxylic acid groups (broad SMARTS) is 1. The second kappa shape index (κ2) is 5.03. The SMILES string of the molecule is CC1(C)C2CCC1(CS(=O)(=O)N[C@@H](CN)C(=O)O)C(=O)C2. The molecule has 2 aliphatic rings. The summed E-state index contributed by atoms with van der Waals surface area (Å²) in [5.74, 6) is -1.48. The predicted octanol–water partition coefficient (Wildman–Crippen LogP) is -0.287. The zero-order valence-corrected chi connectivity index (χ0v) is 13.1. The maximum atomic E-state index is 12.3. The Morgan fingerprint density at radius 3 is 2.52 bits per heavy atom. The molecule has 2 unspecified atom stereocenters. The van der Waals surface area contributed by atoms with Gasteiger partial charge in [-0.2, -0.15) is 4.72 Å². The van der Waals surface area contributed by atoms with E-state index in [2.05, 4.69) is 4.72 Å². The van der Waals surface area contributed by atoms with Crippen molar-refractivity contribution in [3.05, 3.63) is 0 Å². The third-order valence-corrected chi connectivity index (χ3v) is 6.95. The highest BCUT2D eigenvalue weighted by Gasteiger charge is 2.65. The molecule has 3 atom stereocenters. The summed E-state index contributed by atoms with van der Waals surface area (Å²) in [6, 6.07) is -1.36. The third kappa shape index (κ3) is 2.49. The summed E-state index contributed by atoms with van der Waals surface area (Å²) in [5, 5.41) is 8.91. The van der Waals surface area contributed by atoms with E-state index in [0.717, 1.165) is 6.42 Å². The summed E-state index contributed by atoms with van der Waals surface area (Å²) in [6.45, 7) is 3.53. The van der Waals surface area contributed by atoms with Crippen LogP contribution in [0.1, 0.15) is 33.1 Å². The van der Waals surface area contributed by atoms with Gasteiger partial charge < -0.3 is 10.8 Å². The number of nitrogens with one attached hydrogen (secondary N) is 1. The fraction of sp³-hybridized carbons (Fsp3) is 0.846. The predicted molar refractivity (Wildman–Crippen MR) is 76.0 cm³/mol. The molecular weight excluding hydrogens is 296 g/mol. The summed E-state index contributed by atoms with van der Waals surface area (Å²) >= 11 is 0. The number of rotatable bonds is 6. The number of nitrogens with two attached hydrogens (primary N) is 1. The number of hydrogen-bond acceptors (Lipinski definition) is 5. The maximum Gasteiger partial charge on any atom is 0.323 e. The van der Waals surface area contributed by atoms with Crippen LogP contribution in [0.2, 0.25) is 0 Å². The molecule has 2 fully saturated rings. The van der Waals surface area contributed by atoms with Crippen molar-refractivity contribution in [2.24, 2.45) is 22.5 Å². The minimum absolute atomic E-state index is 0.0197. The Balaban J connectivity index is 2.24. The molecule has 7 nitrogen and oxygen atoms in total. The quantitative estimate of drug-likeness (QED) is 0.618. The molecule has 0 radical (unpaired) electrons. The first kappa shape index (κ1) is 16.4. The third-order valence-electron chi connectivity index (χ3n) is 5.43. The Hall–Kier alpha value is -0.990. The van der Waals surface area contributed by atoms with Gasteiger partial charge in [0.05, 0.1) is 5.75 Å². The summed E-state index contributed by atoms with van der Waals surface area (Å²) in [4.78, 5) is 23.2. The number of ketones is 1. The van der Waals surface area contributed by atoms with Crippen molar-refractivity contribution in [1.29, 1.82) is 0 Å². The first-order valence-corrected chi connectivity index (χ1v) is 8.67.